The summed E-state index contributed by atoms with van der Waals surface area (Å²) < 4.78 is 0. The van der Waals surface area contributed by atoms with Crippen molar-refractivity contribution in [3.8, 4) is 0 Å². The van der Waals surface area contributed by atoms with Gasteiger partial charge in [-0.15, -0.1) is 0 Å². The SMILES string of the molecule is CC(C)c1c(NN)ncnc1N1CC(=O)NC(=O)C1C. The zero-order chi connectivity index (χ0) is 14.9. The summed E-state index contributed by atoms with van der Waals surface area (Å²) in [6, 6.07) is -0.481. The molecule has 0 spiro atoms. The van der Waals surface area contributed by atoms with E-state index in [1.165, 1.54) is 6.33 Å². The second-order valence-corrected chi connectivity index (χ2v) is 4.97. The third-order valence-corrected chi connectivity index (χ3v) is 3.27. The molecule has 0 aliphatic carbocycles. The van der Waals surface area contributed by atoms with Gasteiger partial charge in [-0.1, -0.05) is 13.8 Å². The standard InChI is InChI=1S/C12H18N6O2/c1-6(2)9-10(17-13)14-5-15-11(9)18-4-8(19)16-12(20)7(18)3/h5-7H,4,13H2,1-3H3,(H,14,15,17)(H,16,19,20). The Bertz CT molecular complexity index is 545. The van der Waals surface area contributed by atoms with Crippen molar-refractivity contribution in [3.05, 3.63) is 11.9 Å². The number of hydrazine groups is 1. The summed E-state index contributed by atoms with van der Waals surface area (Å²) in [7, 11) is 0. The number of nitrogens with one attached hydrogen (secondary N) is 2. The maximum Gasteiger partial charge on any atom is 0.249 e. The molecule has 2 amide bonds. The first kappa shape index (κ1) is 14.2. The van der Waals surface area contributed by atoms with Crippen LogP contribution in [0.5, 0.6) is 0 Å². The molecule has 1 aliphatic rings. The molecule has 8 heteroatoms. The van der Waals surface area contributed by atoms with E-state index in [1.54, 1.807) is 11.8 Å². The van der Waals surface area contributed by atoms with Gasteiger partial charge in [-0.2, -0.15) is 0 Å². The first-order valence-electron chi connectivity index (χ1n) is 6.37. The van der Waals surface area contributed by atoms with E-state index < -0.39 is 6.04 Å². The van der Waals surface area contributed by atoms with Crippen LogP contribution in [0.3, 0.4) is 0 Å². The minimum Gasteiger partial charge on any atom is -0.335 e. The Morgan fingerprint density at radius 3 is 2.75 bits per heavy atom. The number of carbonyl (C=O) groups excluding carboxylic acids is 2. The van der Waals surface area contributed by atoms with Crippen LogP contribution in [0, 0.1) is 0 Å². The lowest BCUT2D eigenvalue weighted by molar-refractivity contribution is -0.132. The van der Waals surface area contributed by atoms with Crippen LogP contribution in [-0.4, -0.2) is 34.4 Å². The van der Waals surface area contributed by atoms with Crippen molar-refractivity contribution in [2.45, 2.75) is 32.7 Å². The number of nitrogens with two attached hydrogens (primary N) is 1. The summed E-state index contributed by atoms with van der Waals surface area (Å²) in [5.74, 6) is 5.93. The van der Waals surface area contributed by atoms with Crippen LogP contribution < -0.4 is 21.5 Å². The van der Waals surface area contributed by atoms with Crippen molar-refractivity contribution in [2.24, 2.45) is 5.84 Å². The quantitative estimate of drug-likeness (QED) is 0.396. The highest BCUT2D eigenvalue weighted by Gasteiger charge is 2.33. The number of piperazine rings is 1. The largest absolute Gasteiger partial charge is 0.335 e. The van der Waals surface area contributed by atoms with Gasteiger partial charge >= 0.3 is 0 Å². The molecular weight excluding hydrogens is 260 g/mol. The van der Waals surface area contributed by atoms with Gasteiger partial charge in [-0.05, 0) is 12.8 Å². The van der Waals surface area contributed by atoms with Crippen LogP contribution in [-0.2, 0) is 9.59 Å². The second-order valence-electron chi connectivity index (χ2n) is 4.97. The summed E-state index contributed by atoms with van der Waals surface area (Å²) in [6.07, 6.45) is 1.36. The summed E-state index contributed by atoms with van der Waals surface area (Å²) in [5, 5.41) is 2.30. The van der Waals surface area contributed by atoms with Crippen LogP contribution in [0.4, 0.5) is 11.6 Å². The van der Waals surface area contributed by atoms with Crippen molar-refractivity contribution in [1.29, 1.82) is 0 Å². The normalized spacial score (nSPS) is 19.2. The molecule has 0 aromatic carbocycles. The van der Waals surface area contributed by atoms with E-state index >= 15 is 0 Å². The van der Waals surface area contributed by atoms with E-state index in [9.17, 15) is 9.59 Å². The van der Waals surface area contributed by atoms with E-state index in [0.717, 1.165) is 5.56 Å². The molecule has 1 fully saturated rings. The third kappa shape index (κ3) is 2.42. The molecule has 0 bridgehead atoms. The van der Waals surface area contributed by atoms with E-state index in [4.69, 9.17) is 5.84 Å². The molecular formula is C12H18N6O2. The van der Waals surface area contributed by atoms with Gasteiger partial charge in [-0.3, -0.25) is 14.9 Å². The highest BCUT2D eigenvalue weighted by Crippen LogP contribution is 2.31. The Hall–Kier alpha value is -2.22. The average Bonchev–Trinajstić information content (AvgIpc) is 2.41. The van der Waals surface area contributed by atoms with Gasteiger partial charge in [0.1, 0.15) is 24.0 Å². The van der Waals surface area contributed by atoms with Crippen molar-refractivity contribution >= 4 is 23.5 Å². The first-order valence-corrected chi connectivity index (χ1v) is 6.37. The van der Waals surface area contributed by atoms with E-state index in [0.29, 0.717) is 11.6 Å². The Kier molecular flexibility index (Phi) is 3.84. The minimum atomic E-state index is -0.481. The van der Waals surface area contributed by atoms with Crippen LogP contribution in [0.2, 0.25) is 0 Å². The molecule has 8 nitrogen and oxygen atoms in total. The zero-order valence-corrected chi connectivity index (χ0v) is 11.7. The predicted molar refractivity (Wildman–Crippen MR) is 73.9 cm³/mol. The molecule has 1 aromatic rings. The monoisotopic (exact) mass is 278 g/mol. The molecule has 4 N–H and O–H groups in total. The highest BCUT2D eigenvalue weighted by atomic mass is 16.2. The molecule has 1 unspecified atom stereocenters. The number of hydrogen-bond donors (Lipinski definition) is 3. The van der Waals surface area contributed by atoms with Gasteiger partial charge in [0, 0.05) is 5.56 Å². The molecule has 1 aliphatic heterocycles. The number of aromatic nitrogens is 2. The molecule has 0 radical (unpaired) electrons. The highest BCUT2D eigenvalue weighted by molar-refractivity contribution is 6.04. The van der Waals surface area contributed by atoms with E-state index in [-0.39, 0.29) is 24.3 Å². The average molecular weight is 278 g/mol. The molecule has 20 heavy (non-hydrogen) atoms. The number of amides is 2. The topological polar surface area (TPSA) is 113 Å². The fraction of sp³-hybridized carbons (Fsp3) is 0.500. The molecule has 1 saturated heterocycles. The third-order valence-electron chi connectivity index (χ3n) is 3.27. The number of anilines is 2. The van der Waals surface area contributed by atoms with Crippen LogP contribution in [0.1, 0.15) is 32.3 Å². The Morgan fingerprint density at radius 1 is 1.45 bits per heavy atom. The van der Waals surface area contributed by atoms with Crippen molar-refractivity contribution in [1.82, 2.24) is 15.3 Å². The van der Waals surface area contributed by atoms with Gasteiger partial charge in [-0.25, -0.2) is 15.8 Å². The predicted octanol–water partition coefficient (Wildman–Crippen LogP) is -0.263. The van der Waals surface area contributed by atoms with Crippen molar-refractivity contribution < 1.29 is 9.59 Å². The van der Waals surface area contributed by atoms with E-state index in [2.05, 4.69) is 20.7 Å². The fourth-order valence-corrected chi connectivity index (χ4v) is 2.23. The Labute approximate surface area is 116 Å². The lowest BCUT2D eigenvalue weighted by Crippen LogP contribution is -2.57. The van der Waals surface area contributed by atoms with Gasteiger partial charge in [0.05, 0.1) is 6.54 Å². The number of nitrogen functional groups attached to an aromatic ring is 1. The summed E-state index contributed by atoms with van der Waals surface area (Å²) in [5.41, 5.74) is 3.31. The molecule has 108 valence electrons. The van der Waals surface area contributed by atoms with Crippen LogP contribution in [0.25, 0.3) is 0 Å². The number of carbonyl (C=O) groups is 2. The van der Waals surface area contributed by atoms with Gasteiger partial charge in [0.25, 0.3) is 0 Å². The summed E-state index contributed by atoms with van der Waals surface area (Å²) in [4.78, 5) is 33.3. The van der Waals surface area contributed by atoms with E-state index in [1.807, 2.05) is 13.8 Å². The fourth-order valence-electron chi connectivity index (χ4n) is 2.23. The molecule has 1 atom stereocenters. The number of rotatable bonds is 3. The van der Waals surface area contributed by atoms with Gasteiger partial charge < -0.3 is 10.3 Å². The summed E-state index contributed by atoms with van der Waals surface area (Å²) >= 11 is 0. The Morgan fingerprint density at radius 2 is 2.15 bits per heavy atom. The minimum absolute atomic E-state index is 0.0770. The molecule has 0 saturated carbocycles. The Balaban J connectivity index is 2.51. The van der Waals surface area contributed by atoms with Crippen LogP contribution in [0.15, 0.2) is 6.33 Å². The maximum absolute atomic E-state index is 11.8. The van der Waals surface area contributed by atoms with Gasteiger partial charge in [0.2, 0.25) is 11.8 Å². The maximum atomic E-state index is 11.8. The zero-order valence-electron chi connectivity index (χ0n) is 11.7. The number of nitrogens with zero attached hydrogens (tertiary/aromatic N) is 3. The number of hydrogen-bond acceptors (Lipinski definition) is 7. The second kappa shape index (κ2) is 5.41. The van der Waals surface area contributed by atoms with Crippen molar-refractivity contribution in [2.75, 3.05) is 16.9 Å². The molecule has 1 aromatic heterocycles. The van der Waals surface area contributed by atoms with Crippen molar-refractivity contribution in [3.63, 3.8) is 0 Å². The smallest absolute Gasteiger partial charge is 0.249 e. The van der Waals surface area contributed by atoms with Gasteiger partial charge in [0.15, 0.2) is 0 Å². The van der Waals surface area contributed by atoms with Crippen LogP contribution >= 0.6 is 0 Å². The lowest BCUT2D eigenvalue weighted by atomic mass is 10.0. The molecule has 2 rings (SSSR count). The molecule has 2 heterocycles. The lowest BCUT2D eigenvalue weighted by Gasteiger charge is -2.34. The summed E-state index contributed by atoms with van der Waals surface area (Å²) in [6.45, 7) is 5.75. The number of imide groups is 1. The first-order chi connectivity index (χ1) is 9.45.